The molecule has 2 N–H and O–H groups in total. The molecule has 0 fully saturated rings. The molecule has 0 saturated heterocycles. The van der Waals surface area contributed by atoms with Gasteiger partial charge in [-0.1, -0.05) is 45.0 Å². The minimum Gasteiger partial charge on any atom is -0.378 e. The van der Waals surface area contributed by atoms with E-state index in [-0.39, 0.29) is 30.1 Å². The lowest BCUT2D eigenvalue weighted by molar-refractivity contribution is 0.0258. The van der Waals surface area contributed by atoms with Crippen LogP contribution in [-0.4, -0.2) is 38.9 Å². The number of halogens is 1. The van der Waals surface area contributed by atoms with Crippen LogP contribution >= 0.6 is 24.0 Å². The van der Waals surface area contributed by atoms with Crippen molar-refractivity contribution in [2.24, 2.45) is 10.9 Å². The van der Waals surface area contributed by atoms with Gasteiger partial charge in [0.25, 0.3) is 0 Å². The van der Waals surface area contributed by atoms with Crippen LogP contribution in [0.4, 0.5) is 0 Å². The molecule has 0 saturated carbocycles. The first-order valence-corrected chi connectivity index (χ1v) is 9.82. The number of guanidine groups is 1. The van der Waals surface area contributed by atoms with Crippen LogP contribution in [0.15, 0.2) is 29.3 Å². The molecule has 27 heavy (non-hydrogen) atoms. The molecule has 1 aromatic rings. The van der Waals surface area contributed by atoms with E-state index in [1.165, 1.54) is 11.1 Å². The Balaban J connectivity index is 0.00000676. The van der Waals surface area contributed by atoms with Gasteiger partial charge in [0.2, 0.25) is 0 Å². The summed E-state index contributed by atoms with van der Waals surface area (Å²) in [5, 5.41) is 6.78. The lowest BCUT2D eigenvalue weighted by atomic mass is 10.0. The number of rotatable bonds is 12. The topological polar surface area (TPSA) is 54.9 Å². The Morgan fingerprint density at radius 2 is 1.81 bits per heavy atom. The molecule has 0 aliphatic heterocycles. The maximum atomic E-state index is 5.80. The molecular formula is C21H38IN3O2. The summed E-state index contributed by atoms with van der Waals surface area (Å²) >= 11 is 0. The van der Waals surface area contributed by atoms with Crippen LogP contribution in [0, 0.1) is 5.92 Å². The fraction of sp³-hybridized carbons (Fsp3) is 0.667. The normalized spacial score (nSPS) is 12.6. The monoisotopic (exact) mass is 491 g/mol. The van der Waals surface area contributed by atoms with Crippen LogP contribution in [0.3, 0.4) is 0 Å². The van der Waals surface area contributed by atoms with Gasteiger partial charge in [0.05, 0.1) is 12.7 Å². The third-order valence-corrected chi connectivity index (χ3v) is 4.24. The second-order valence-electron chi connectivity index (χ2n) is 6.70. The molecule has 1 rings (SSSR count). The number of benzene rings is 1. The van der Waals surface area contributed by atoms with Gasteiger partial charge in [0.1, 0.15) is 0 Å². The van der Waals surface area contributed by atoms with Crippen molar-refractivity contribution in [3.8, 4) is 0 Å². The van der Waals surface area contributed by atoms with Gasteiger partial charge in [-0.15, -0.1) is 24.0 Å². The maximum absolute atomic E-state index is 5.80. The second-order valence-corrected chi connectivity index (χ2v) is 6.70. The van der Waals surface area contributed by atoms with Crippen molar-refractivity contribution in [3.05, 3.63) is 35.4 Å². The van der Waals surface area contributed by atoms with Gasteiger partial charge in [-0.25, -0.2) is 0 Å². The molecule has 0 amide bonds. The molecule has 0 aromatic heterocycles. The van der Waals surface area contributed by atoms with Gasteiger partial charge < -0.3 is 20.1 Å². The Kier molecular flexibility index (Phi) is 15.6. The predicted molar refractivity (Wildman–Crippen MR) is 125 cm³/mol. The van der Waals surface area contributed by atoms with Gasteiger partial charge in [0.15, 0.2) is 5.96 Å². The highest BCUT2D eigenvalue weighted by Gasteiger charge is 2.13. The quantitative estimate of drug-likeness (QED) is 0.198. The SMILES string of the molecule is CCCOCc1ccccc1CNC(=NC)NCCC(OCC)C(C)C.I. The average Bonchev–Trinajstić information content (AvgIpc) is 2.64. The summed E-state index contributed by atoms with van der Waals surface area (Å²) < 4.78 is 11.5. The van der Waals surface area contributed by atoms with Crippen LogP contribution in [0.5, 0.6) is 0 Å². The molecule has 0 aliphatic rings. The Hall–Kier alpha value is -0.860. The smallest absolute Gasteiger partial charge is 0.191 e. The summed E-state index contributed by atoms with van der Waals surface area (Å²) in [5.41, 5.74) is 2.46. The van der Waals surface area contributed by atoms with Gasteiger partial charge in [0, 0.05) is 33.4 Å². The first kappa shape index (κ1) is 26.1. The van der Waals surface area contributed by atoms with Crippen molar-refractivity contribution < 1.29 is 9.47 Å². The van der Waals surface area contributed by atoms with Gasteiger partial charge in [-0.3, -0.25) is 4.99 Å². The van der Waals surface area contributed by atoms with E-state index in [2.05, 4.69) is 60.7 Å². The van der Waals surface area contributed by atoms with E-state index in [0.717, 1.165) is 45.1 Å². The van der Waals surface area contributed by atoms with Crippen LogP contribution < -0.4 is 10.6 Å². The number of aliphatic imine (C=N–C) groups is 1. The molecule has 5 nitrogen and oxygen atoms in total. The van der Waals surface area contributed by atoms with Crippen LogP contribution in [0.1, 0.15) is 51.7 Å². The summed E-state index contributed by atoms with van der Waals surface area (Å²) in [6, 6.07) is 8.37. The molecule has 1 unspecified atom stereocenters. The maximum Gasteiger partial charge on any atom is 0.191 e. The van der Waals surface area contributed by atoms with E-state index >= 15 is 0 Å². The lowest BCUT2D eigenvalue weighted by Gasteiger charge is -2.21. The minimum atomic E-state index is 0. The highest BCUT2D eigenvalue weighted by atomic mass is 127. The van der Waals surface area contributed by atoms with Crippen molar-refractivity contribution in [2.45, 2.75) is 59.8 Å². The summed E-state index contributed by atoms with van der Waals surface area (Å²) in [4.78, 5) is 4.32. The number of hydrogen-bond donors (Lipinski definition) is 2. The average molecular weight is 491 g/mol. The molecule has 0 spiro atoms. The van der Waals surface area contributed by atoms with Gasteiger partial charge in [-0.2, -0.15) is 0 Å². The first-order chi connectivity index (χ1) is 12.6. The van der Waals surface area contributed by atoms with Crippen molar-refractivity contribution in [2.75, 3.05) is 26.8 Å². The van der Waals surface area contributed by atoms with Crippen molar-refractivity contribution in [1.82, 2.24) is 10.6 Å². The fourth-order valence-electron chi connectivity index (χ4n) is 2.75. The van der Waals surface area contributed by atoms with E-state index in [9.17, 15) is 0 Å². The van der Waals surface area contributed by atoms with Crippen molar-refractivity contribution >= 4 is 29.9 Å². The second kappa shape index (κ2) is 16.1. The third kappa shape index (κ3) is 10.9. The molecule has 0 radical (unpaired) electrons. The van der Waals surface area contributed by atoms with E-state index in [4.69, 9.17) is 9.47 Å². The number of ether oxygens (including phenoxy) is 2. The fourth-order valence-corrected chi connectivity index (χ4v) is 2.75. The summed E-state index contributed by atoms with van der Waals surface area (Å²) in [6.45, 7) is 12.3. The zero-order valence-electron chi connectivity index (χ0n) is 17.6. The third-order valence-electron chi connectivity index (χ3n) is 4.24. The van der Waals surface area contributed by atoms with E-state index < -0.39 is 0 Å². The van der Waals surface area contributed by atoms with E-state index in [0.29, 0.717) is 12.5 Å². The highest BCUT2D eigenvalue weighted by Crippen LogP contribution is 2.11. The summed E-state index contributed by atoms with van der Waals surface area (Å²) in [7, 11) is 1.80. The zero-order valence-corrected chi connectivity index (χ0v) is 19.9. The zero-order chi connectivity index (χ0) is 19.2. The first-order valence-electron chi connectivity index (χ1n) is 9.82. The molecule has 1 aromatic carbocycles. The minimum absolute atomic E-state index is 0. The Morgan fingerprint density at radius 3 is 2.41 bits per heavy atom. The number of hydrogen-bond acceptors (Lipinski definition) is 3. The number of nitrogens with one attached hydrogen (secondary N) is 2. The van der Waals surface area contributed by atoms with E-state index in [1.807, 2.05) is 6.92 Å². The Morgan fingerprint density at radius 1 is 1.11 bits per heavy atom. The van der Waals surface area contributed by atoms with Crippen molar-refractivity contribution in [3.63, 3.8) is 0 Å². The Bertz CT molecular complexity index is 524. The Labute approximate surface area is 182 Å². The molecule has 1 atom stereocenters. The van der Waals surface area contributed by atoms with Crippen LogP contribution in [0.25, 0.3) is 0 Å². The summed E-state index contributed by atoms with van der Waals surface area (Å²) in [5.74, 6) is 1.33. The highest BCUT2D eigenvalue weighted by molar-refractivity contribution is 14.0. The van der Waals surface area contributed by atoms with Gasteiger partial charge >= 0.3 is 0 Å². The molecule has 0 aliphatic carbocycles. The number of nitrogens with zero attached hydrogens (tertiary/aromatic N) is 1. The summed E-state index contributed by atoms with van der Waals surface area (Å²) in [6.07, 6.45) is 2.28. The molecule has 0 heterocycles. The van der Waals surface area contributed by atoms with Gasteiger partial charge in [-0.05, 0) is 36.8 Å². The largest absolute Gasteiger partial charge is 0.378 e. The molecular weight excluding hydrogens is 453 g/mol. The van der Waals surface area contributed by atoms with Crippen molar-refractivity contribution in [1.29, 1.82) is 0 Å². The lowest BCUT2D eigenvalue weighted by Crippen LogP contribution is -2.39. The van der Waals surface area contributed by atoms with Crippen LogP contribution in [0.2, 0.25) is 0 Å². The predicted octanol–water partition coefficient (Wildman–Crippen LogP) is 4.35. The molecule has 0 bridgehead atoms. The standard InChI is InChI=1S/C21H37N3O2.HI/c1-6-14-25-16-19-11-9-8-10-18(19)15-24-21(22-5)23-13-12-20(17(3)4)26-7-2;/h8-11,17,20H,6-7,12-16H2,1-5H3,(H2,22,23,24);1H. The van der Waals surface area contributed by atoms with E-state index in [1.54, 1.807) is 7.05 Å². The molecule has 6 heteroatoms. The molecule has 156 valence electrons. The van der Waals surface area contributed by atoms with Crippen LogP contribution in [-0.2, 0) is 22.6 Å².